The van der Waals surface area contributed by atoms with E-state index in [0.29, 0.717) is 32.4 Å². The number of carbonyl (C=O) groups excluding carboxylic acids is 1. The third-order valence-electron chi connectivity index (χ3n) is 6.36. The van der Waals surface area contributed by atoms with Crippen molar-refractivity contribution in [2.45, 2.75) is 26.9 Å². The van der Waals surface area contributed by atoms with Crippen molar-refractivity contribution in [1.82, 2.24) is 14.3 Å². The summed E-state index contributed by atoms with van der Waals surface area (Å²) in [5, 5.41) is 9.52. The predicted octanol–water partition coefficient (Wildman–Crippen LogP) is 7.87. The SMILES string of the molecule is Cc1c(C)n(Cc2ccccc2)c2ccc(C(=O)Nc3nn(Cc4ccc(Cl)c(Cl)c4)cc3Br)cc12. The van der Waals surface area contributed by atoms with E-state index in [-0.39, 0.29) is 5.91 Å². The molecule has 0 aliphatic carbocycles. The lowest BCUT2D eigenvalue weighted by atomic mass is 10.1. The van der Waals surface area contributed by atoms with Crippen LogP contribution in [0.4, 0.5) is 5.82 Å². The Kier molecular flexibility index (Phi) is 6.93. The summed E-state index contributed by atoms with van der Waals surface area (Å²) < 4.78 is 4.72. The first kappa shape index (κ1) is 24.6. The lowest BCUT2D eigenvalue weighted by Crippen LogP contribution is -2.13. The van der Waals surface area contributed by atoms with Crippen molar-refractivity contribution in [2.75, 3.05) is 5.32 Å². The molecule has 8 heteroatoms. The highest BCUT2D eigenvalue weighted by Gasteiger charge is 2.16. The molecular formula is C28H23BrCl2N4O. The van der Waals surface area contributed by atoms with Gasteiger partial charge >= 0.3 is 0 Å². The second-order valence-corrected chi connectivity index (χ2v) is 10.4. The van der Waals surface area contributed by atoms with Crippen LogP contribution in [0.15, 0.2) is 77.4 Å². The van der Waals surface area contributed by atoms with Crippen LogP contribution < -0.4 is 5.32 Å². The van der Waals surface area contributed by atoms with Gasteiger partial charge in [-0.2, -0.15) is 5.10 Å². The van der Waals surface area contributed by atoms with Gasteiger partial charge in [-0.3, -0.25) is 9.48 Å². The summed E-state index contributed by atoms with van der Waals surface area (Å²) in [7, 11) is 0. The van der Waals surface area contributed by atoms with Crippen molar-refractivity contribution in [2.24, 2.45) is 0 Å². The van der Waals surface area contributed by atoms with E-state index in [4.69, 9.17) is 23.2 Å². The van der Waals surface area contributed by atoms with Crippen LogP contribution >= 0.6 is 39.1 Å². The number of carbonyl (C=O) groups is 1. The van der Waals surface area contributed by atoms with Gasteiger partial charge in [0.1, 0.15) is 0 Å². The standard InChI is InChI=1S/C28H23BrCl2N4O/c1-17-18(2)35(15-19-6-4-3-5-7-19)26-11-9-21(13-22(17)26)28(36)32-27-23(29)16-34(33-27)14-20-8-10-24(30)25(31)12-20/h3-13,16H,14-15H2,1-2H3,(H,32,33,36). The molecule has 0 spiro atoms. The molecule has 36 heavy (non-hydrogen) atoms. The van der Waals surface area contributed by atoms with Gasteiger partial charge in [0.15, 0.2) is 5.82 Å². The molecule has 0 aliphatic heterocycles. The smallest absolute Gasteiger partial charge is 0.256 e. The largest absolute Gasteiger partial charge is 0.340 e. The molecule has 0 saturated carbocycles. The third kappa shape index (κ3) is 4.94. The number of nitrogens with one attached hydrogen (secondary N) is 1. The molecule has 1 amide bonds. The van der Waals surface area contributed by atoms with Crippen LogP contribution in [0.3, 0.4) is 0 Å². The van der Waals surface area contributed by atoms with E-state index in [1.807, 2.05) is 36.5 Å². The minimum atomic E-state index is -0.217. The molecule has 0 unspecified atom stereocenters. The monoisotopic (exact) mass is 580 g/mol. The van der Waals surface area contributed by atoms with Crippen LogP contribution in [0.5, 0.6) is 0 Å². The van der Waals surface area contributed by atoms with Crippen LogP contribution in [0, 0.1) is 13.8 Å². The summed E-state index contributed by atoms with van der Waals surface area (Å²) in [5.41, 5.74) is 6.23. The number of nitrogens with zero attached hydrogens (tertiary/aromatic N) is 3. The topological polar surface area (TPSA) is 51.9 Å². The lowest BCUT2D eigenvalue weighted by Gasteiger charge is -2.09. The summed E-state index contributed by atoms with van der Waals surface area (Å²) in [6, 6.07) is 21.7. The summed E-state index contributed by atoms with van der Waals surface area (Å²) in [4.78, 5) is 13.1. The molecule has 0 saturated heterocycles. The maximum Gasteiger partial charge on any atom is 0.256 e. The molecule has 2 heterocycles. The zero-order valence-corrected chi connectivity index (χ0v) is 22.8. The molecule has 2 aromatic heterocycles. The summed E-state index contributed by atoms with van der Waals surface area (Å²) >= 11 is 15.6. The zero-order valence-electron chi connectivity index (χ0n) is 19.7. The summed E-state index contributed by atoms with van der Waals surface area (Å²) in [5.74, 6) is 0.236. The van der Waals surface area contributed by atoms with Crippen LogP contribution in [-0.4, -0.2) is 20.3 Å². The summed E-state index contributed by atoms with van der Waals surface area (Å²) in [6.45, 7) is 5.49. The number of hydrogen-bond acceptors (Lipinski definition) is 2. The molecule has 182 valence electrons. The molecule has 0 atom stereocenters. The number of benzene rings is 3. The van der Waals surface area contributed by atoms with Crippen LogP contribution in [0.25, 0.3) is 10.9 Å². The van der Waals surface area contributed by atoms with Gasteiger partial charge in [0, 0.05) is 34.9 Å². The van der Waals surface area contributed by atoms with E-state index in [2.05, 4.69) is 69.0 Å². The molecular weight excluding hydrogens is 559 g/mol. The molecule has 5 aromatic rings. The Balaban J connectivity index is 1.37. The molecule has 3 aromatic carbocycles. The van der Waals surface area contributed by atoms with Gasteiger partial charge in [0.25, 0.3) is 5.91 Å². The number of anilines is 1. The lowest BCUT2D eigenvalue weighted by molar-refractivity contribution is 0.102. The van der Waals surface area contributed by atoms with Gasteiger partial charge in [0.2, 0.25) is 0 Å². The fourth-order valence-electron chi connectivity index (χ4n) is 4.33. The zero-order chi connectivity index (χ0) is 25.4. The van der Waals surface area contributed by atoms with E-state index in [1.54, 1.807) is 16.8 Å². The van der Waals surface area contributed by atoms with Crippen molar-refractivity contribution in [1.29, 1.82) is 0 Å². The number of fused-ring (bicyclic) bond motifs is 1. The van der Waals surface area contributed by atoms with E-state index >= 15 is 0 Å². The highest BCUT2D eigenvalue weighted by Crippen LogP contribution is 2.29. The second kappa shape index (κ2) is 10.1. The molecule has 0 fully saturated rings. The molecule has 1 N–H and O–H groups in total. The van der Waals surface area contributed by atoms with Gasteiger partial charge in [0.05, 0.1) is 21.1 Å². The van der Waals surface area contributed by atoms with Gasteiger partial charge < -0.3 is 9.88 Å². The Labute approximate surface area is 227 Å². The maximum atomic E-state index is 13.1. The Morgan fingerprint density at radius 1 is 0.944 bits per heavy atom. The minimum absolute atomic E-state index is 0.217. The fourth-order valence-corrected chi connectivity index (χ4v) is 5.06. The molecule has 0 radical (unpaired) electrons. The van der Waals surface area contributed by atoms with E-state index in [0.717, 1.165) is 23.0 Å². The Morgan fingerprint density at radius 3 is 2.47 bits per heavy atom. The highest BCUT2D eigenvalue weighted by molar-refractivity contribution is 9.10. The Morgan fingerprint density at radius 2 is 1.72 bits per heavy atom. The Hall–Kier alpha value is -3.06. The minimum Gasteiger partial charge on any atom is -0.340 e. The van der Waals surface area contributed by atoms with Gasteiger partial charge in [-0.25, -0.2) is 0 Å². The van der Waals surface area contributed by atoms with Crippen molar-refractivity contribution < 1.29 is 4.79 Å². The molecule has 5 nitrogen and oxygen atoms in total. The number of halogens is 3. The number of amides is 1. The third-order valence-corrected chi connectivity index (χ3v) is 7.68. The number of hydrogen-bond donors (Lipinski definition) is 1. The van der Waals surface area contributed by atoms with E-state index in [1.165, 1.54) is 16.8 Å². The maximum absolute atomic E-state index is 13.1. The van der Waals surface area contributed by atoms with Crippen molar-refractivity contribution in [3.05, 3.63) is 115 Å². The normalized spacial score (nSPS) is 11.2. The molecule has 5 rings (SSSR count). The quantitative estimate of drug-likeness (QED) is 0.222. The van der Waals surface area contributed by atoms with Gasteiger partial charge in [-0.1, -0.05) is 59.6 Å². The number of aryl methyl sites for hydroxylation is 1. The van der Waals surface area contributed by atoms with Crippen molar-refractivity contribution >= 4 is 61.8 Å². The Bertz CT molecular complexity index is 1590. The number of aromatic nitrogens is 3. The van der Waals surface area contributed by atoms with Gasteiger partial charge in [-0.05, 0) is 76.8 Å². The first-order valence-corrected chi connectivity index (χ1v) is 13.0. The fraction of sp³-hybridized carbons (Fsp3) is 0.143. The van der Waals surface area contributed by atoms with E-state index in [9.17, 15) is 4.79 Å². The van der Waals surface area contributed by atoms with Crippen LogP contribution in [-0.2, 0) is 13.1 Å². The highest BCUT2D eigenvalue weighted by atomic mass is 79.9. The van der Waals surface area contributed by atoms with E-state index < -0.39 is 0 Å². The number of rotatable bonds is 6. The van der Waals surface area contributed by atoms with Crippen molar-refractivity contribution in [3.8, 4) is 0 Å². The average molecular weight is 582 g/mol. The van der Waals surface area contributed by atoms with Gasteiger partial charge in [-0.15, -0.1) is 0 Å². The average Bonchev–Trinajstić information content (AvgIpc) is 3.33. The van der Waals surface area contributed by atoms with Crippen molar-refractivity contribution in [3.63, 3.8) is 0 Å². The van der Waals surface area contributed by atoms with Crippen LogP contribution in [0.1, 0.15) is 32.7 Å². The first-order chi connectivity index (χ1) is 17.3. The summed E-state index contributed by atoms with van der Waals surface area (Å²) in [6.07, 6.45) is 1.82. The first-order valence-electron chi connectivity index (χ1n) is 11.4. The second-order valence-electron chi connectivity index (χ2n) is 8.74. The molecule has 0 aliphatic rings. The predicted molar refractivity (Wildman–Crippen MR) is 150 cm³/mol. The molecule has 0 bridgehead atoms. The van der Waals surface area contributed by atoms with Crippen LogP contribution in [0.2, 0.25) is 10.0 Å².